The lowest BCUT2D eigenvalue weighted by molar-refractivity contribution is 0.264. The minimum absolute atomic E-state index is 0.124. The van der Waals surface area contributed by atoms with Gasteiger partial charge in [0, 0.05) is 29.7 Å². The van der Waals surface area contributed by atoms with E-state index in [1.807, 2.05) is 19.1 Å². The molecule has 5 nitrogen and oxygen atoms in total. The number of pyridine rings is 1. The highest BCUT2D eigenvalue weighted by molar-refractivity contribution is 6.31. The molecule has 1 atom stereocenters. The monoisotopic (exact) mass is 467 g/mol. The molecule has 1 aliphatic rings. The molecule has 0 saturated carbocycles. The Hall–Kier alpha value is -3.09. The largest absolute Gasteiger partial charge is 0.397 e. The van der Waals surface area contributed by atoms with Crippen LogP contribution in [0.4, 0.5) is 10.1 Å². The molecule has 5 N–H and O–H groups in total. The summed E-state index contributed by atoms with van der Waals surface area (Å²) in [5.41, 5.74) is 16.9. The van der Waals surface area contributed by atoms with E-state index in [2.05, 4.69) is 28.4 Å². The molecular weight excluding hydrogens is 437 g/mol. The standard InChI is InChI=1S/C26H31ClFN5/c1-5-8-25(33-12-7-9-18(29)15-33)23(6-2)31-17(4)26-22(30)10-11-24(32-26)19-14-20(27)16(3)13-21(19)28/h5-6,8,10-11,13-14,18,31H,2,4,7,9,12,15,29-30H2,1,3H3/b8-5-,25-23-/t18-/m0/s1. The van der Waals surface area contributed by atoms with Crippen molar-refractivity contribution in [3.63, 3.8) is 0 Å². The number of nitrogen functional groups attached to an aromatic ring is 1. The topological polar surface area (TPSA) is 80.2 Å². The number of piperidine rings is 1. The number of aromatic nitrogens is 1. The highest BCUT2D eigenvalue weighted by Crippen LogP contribution is 2.30. The maximum Gasteiger partial charge on any atom is 0.132 e. The number of hydrogen-bond acceptors (Lipinski definition) is 5. The van der Waals surface area contributed by atoms with E-state index in [0.29, 0.717) is 38.9 Å². The van der Waals surface area contributed by atoms with Crippen molar-refractivity contribution in [2.45, 2.75) is 32.7 Å². The number of halogens is 2. The molecule has 0 bridgehead atoms. The number of anilines is 1. The van der Waals surface area contributed by atoms with E-state index < -0.39 is 5.82 Å². The van der Waals surface area contributed by atoms with Crippen molar-refractivity contribution in [3.05, 3.63) is 89.1 Å². The lowest BCUT2D eigenvalue weighted by atomic mass is 10.0. The van der Waals surface area contributed by atoms with E-state index in [-0.39, 0.29) is 6.04 Å². The van der Waals surface area contributed by atoms with E-state index in [4.69, 9.17) is 23.1 Å². The summed E-state index contributed by atoms with van der Waals surface area (Å²) in [5, 5.41) is 3.77. The first-order valence-corrected chi connectivity index (χ1v) is 11.3. The summed E-state index contributed by atoms with van der Waals surface area (Å²) in [6.07, 6.45) is 7.76. The molecule has 2 heterocycles. The van der Waals surface area contributed by atoms with E-state index in [9.17, 15) is 4.39 Å². The van der Waals surface area contributed by atoms with E-state index in [1.54, 1.807) is 31.2 Å². The number of hydrogen-bond donors (Lipinski definition) is 3. The van der Waals surface area contributed by atoms with Crippen LogP contribution in [0.2, 0.25) is 5.02 Å². The quantitative estimate of drug-likeness (QED) is 0.476. The van der Waals surface area contributed by atoms with Crippen molar-refractivity contribution in [1.82, 2.24) is 15.2 Å². The number of allylic oxidation sites excluding steroid dienone is 3. The van der Waals surface area contributed by atoms with Crippen LogP contribution < -0.4 is 16.8 Å². The molecule has 1 fully saturated rings. The second-order valence-electron chi connectivity index (χ2n) is 8.17. The predicted molar refractivity (Wildman–Crippen MR) is 137 cm³/mol. The highest BCUT2D eigenvalue weighted by Gasteiger charge is 2.20. The first-order valence-electron chi connectivity index (χ1n) is 10.9. The molecule has 2 aromatic rings. The highest BCUT2D eigenvalue weighted by atomic mass is 35.5. The SMILES string of the molecule is C=C/C(NC(=C)c1nc(-c2cc(Cl)c(C)cc2F)ccc1N)=C(\C=C/C)N1CCC[C@H](N)C1. The zero-order valence-corrected chi connectivity index (χ0v) is 19.9. The molecule has 0 spiro atoms. The minimum Gasteiger partial charge on any atom is -0.397 e. The molecule has 33 heavy (non-hydrogen) atoms. The third kappa shape index (κ3) is 5.64. The third-order valence-corrected chi connectivity index (χ3v) is 6.03. The number of rotatable bonds is 7. The van der Waals surface area contributed by atoms with E-state index in [0.717, 1.165) is 37.3 Å². The Morgan fingerprint density at radius 2 is 2.12 bits per heavy atom. The van der Waals surface area contributed by atoms with E-state index >= 15 is 0 Å². The maximum absolute atomic E-state index is 14.6. The Labute approximate surface area is 200 Å². The van der Waals surface area contributed by atoms with Crippen LogP contribution in [0, 0.1) is 12.7 Å². The van der Waals surface area contributed by atoms with Gasteiger partial charge < -0.3 is 21.7 Å². The van der Waals surface area contributed by atoms with Crippen LogP contribution in [0.25, 0.3) is 17.0 Å². The zero-order chi connectivity index (χ0) is 24.1. The molecule has 1 aromatic carbocycles. The van der Waals surface area contributed by atoms with Gasteiger partial charge in [0.15, 0.2) is 0 Å². The van der Waals surface area contributed by atoms with Gasteiger partial charge in [-0.2, -0.15) is 0 Å². The van der Waals surface area contributed by atoms with Gasteiger partial charge in [-0.05, 0) is 68.7 Å². The lowest BCUT2D eigenvalue weighted by Crippen LogP contribution is -2.42. The molecule has 1 aromatic heterocycles. The Balaban J connectivity index is 1.97. The lowest BCUT2D eigenvalue weighted by Gasteiger charge is -2.34. The third-order valence-electron chi connectivity index (χ3n) is 5.63. The molecule has 0 unspecified atom stereocenters. The fourth-order valence-corrected chi connectivity index (χ4v) is 4.06. The average Bonchev–Trinajstić information content (AvgIpc) is 2.79. The van der Waals surface area contributed by atoms with Crippen LogP contribution in [-0.4, -0.2) is 29.0 Å². The zero-order valence-electron chi connectivity index (χ0n) is 19.2. The van der Waals surface area contributed by atoms with Gasteiger partial charge in [0.25, 0.3) is 0 Å². The molecule has 3 rings (SSSR count). The fourth-order valence-electron chi connectivity index (χ4n) is 3.90. The molecule has 0 amide bonds. The van der Waals surface area contributed by atoms with E-state index in [1.165, 1.54) is 6.07 Å². The predicted octanol–water partition coefficient (Wildman–Crippen LogP) is 5.39. The fraction of sp³-hybridized carbons (Fsp3) is 0.269. The molecule has 0 radical (unpaired) electrons. The molecule has 1 saturated heterocycles. The van der Waals surface area contributed by atoms with Crippen LogP contribution in [-0.2, 0) is 0 Å². The van der Waals surface area contributed by atoms with Crippen molar-refractivity contribution in [2.24, 2.45) is 5.73 Å². The number of aryl methyl sites for hydroxylation is 1. The van der Waals surface area contributed by atoms with Gasteiger partial charge in [0.1, 0.15) is 11.5 Å². The average molecular weight is 468 g/mol. The van der Waals surface area contributed by atoms with Crippen LogP contribution >= 0.6 is 11.6 Å². The van der Waals surface area contributed by atoms with Crippen molar-refractivity contribution in [1.29, 1.82) is 0 Å². The van der Waals surface area contributed by atoms with Crippen LogP contribution in [0.15, 0.2) is 67.0 Å². The number of nitrogens with one attached hydrogen (secondary N) is 1. The Morgan fingerprint density at radius 3 is 2.79 bits per heavy atom. The number of benzene rings is 1. The Kier molecular flexibility index (Phi) is 7.95. The maximum atomic E-state index is 14.6. The Bertz CT molecular complexity index is 1120. The first-order chi connectivity index (χ1) is 15.7. The van der Waals surface area contributed by atoms with Crippen LogP contribution in [0.1, 0.15) is 31.0 Å². The second-order valence-corrected chi connectivity index (χ2v) is 8.58. The van der Waals surface area contributed by atoms with Crippen molar-refractivity contribution >= 4 is 23.0 Å². The Morgan fingerprint density at radius 1 is 1.36 bits per heavy atom. The van der Waals surface area contributed by atoms with Gasteiger partial charge in [0.05, 0.1) is 28.5 Å². The molecule has 174 valence electrons. The van der Waals surface area contributed by atoms with Crippen LogP contribution in [0.5, 0.6) is 0 Å². The normalized spacial score (nSPS) is 17.1. The van der Waals surface area contributed by atoms with Crippen molar-refractivity contribution in [3.8, 4) is 11.3 Å². The van der Waals surface area contributed by atoms with Gasteiger partial charge >= 0.3 is 0 Å². The minimum atomic E-state index is -0.401. The first kappa shape index (κ1) is 24.6. The van der Waals surface area contributed by atoms with Crippen LogP contribution in [0.3, 0.4) is 0 Å². The number of nitrogens with zero attached hydrogens (tertiary/aromatic N) is 2. The van der Waals surface area contributed by atoms with Gasteiger partial charge in [-0.3, -0.25) is 0 Å². The number of nitrogens with two attached hydrogens (primary N) is 2. The summed E-state index contributed by atoms with van der Waals surface area (Å²) in [6.45, 7) is 13.5. The van der Waals surface area contributed by atoms with Crippen molar-refractivity contribution in [2.75, 3.05) is 18.8 Å². The summed E-state index contributed by atoms with van der Waals surface area (Å²) >= 11 is 6.22. The summed E-state index contributed by atoms with van der Waals surface area (Å²) in [5.74, 6) is -0.401. The summed E-state index contributed by atoms with van der Waals surface area (Å²) < 4.78 is 14.6. The molecule has 0 aliphatic carbocycles. The number of likely N-dealkylation sites (tertiary alicyclic amines) is 1. The van der Waals surface area contributed by atoms with Gasteiger partial charge in [-0.1, -0.05) is 30.8 Å². The smallest absolute Gasteiger partial charge is 0.132 e. The molecule has 1 aliphatic heterocycles. The second kappa shape index (κ2) is 10.7. The molecule has 7 heteroatoms. The summed E-state index contributed by atoms with van der Waals surface area (Å²) in [6, 6.07) is 6.45. The summed E-state index contributed by atoms with van der Waals surface area (Å²) in [4.78, 5) is 6.84. The van der Waals surface area contributed by atoms with Gasteiger partial charge in [0.2, 0.25) is 0 Å². The van der Waals surface area contributed by atoms with Gasteiger partial charge in [-0.25, -0.2) is 9.37 Å². The van der Waals surface area contributed by atoms with Gasteiger partial charge in [-0.15, -0.1) is 0 Å². The van der Waals surface area contributed by atoms with Crippen molar-refractivity contribution < 1.29 is 4.39 Å². The molecular formula is C26H31ClFN5. The summed E-state index contributed by atoms with van der Waals surface area (Å²) in [7, 11) is 0.